The van der Waals surface area contributed by atoms with Crippen LogP contribution in [0.15, 0.2) is 53.4 Å². The topological polar surface area (TPSA) is 92.3 Å². The Morgan fingerprint density at radius 1 is 0.935 bits per heavy atom. The molecule has 31 heavy (non-hydrogen) atoms. The summed E-state index contributed by atoms with van der Waals surface area (Å²) in [5.74, 6) is -0.210. The van der Waals surface area contributed by atoms with Crippen LogP contribution < -0.4 is 10.0 Å². The Bertz CT molecular complexity index is 993. The Morgan fingerprint density at radius 2 is 1.58 bits per heavy atom. The molecule has 1 saturated carbocycles. The van der Waals surface area contributed by atoms with Crippen molar-refractivity contribution >= 4 is 21.7 Å². The van der Waals surface area contributed by atoms with Gasteiger partial charge in [0.05, 0.1) is 4.90 Å². The van der Waals surface area contributed by atoms with E-state index in [1.54, 1.807) is 36.4 Å². The number of ketones is 1. The van der Waals surface area contributed by atoms with Crippen LogP contribution in [-0.4, -0.2) is 32.7 Å². The van der Waals surface area contributed by atoms with Crippen molar-refractivity contribution in [3.8, 4) is 0 Å². The second-order valence-corrected chi connectivity index (χ2v) is 9.85. The summed E-state index contributed by atoms with van der Waals surface area (Å²) in [7, 11) is -3.49. The highest BCUT2D eigenvalue weighted by molar-refractivity contribution is 7.89. The molecule has 0 bridgehead atoms. The maximum Gasteiger partial charge on any atom is 0.240 e. The fourth-order valence-corrected chi connectivity index (χ4v) is 5.02. The van der Waals surface area contributed by atoms with Gasteiger partial charge in [-0.25, -0.2) is 13.1 Å². The van der Waals surface area contributed by atoms with Gasteiger partial charge in [-0.3, -0.25) is 9.59 Å². The molecule has 166 valence electrons. The van der Waals surface area contributed by atoms with E-state index in [1.807, 2.05) is 19.1 Å². The summed E-state index contributed by atoms with van der Waals surface area (Å²) >= 11 is 0. The van der Waals surface area contributed by atoms with Crippen LogP contribution in [0, 0.1) is 6.92 Å². The predicted octanol–water partition coefficient (Wildman–Crippen LogP) is 3.54. The lowest BCUT2D eigenvalue weighted by Gasteiger charge is -2.13. The molecule has 0 aliphatic heterocycles. The van der Waals surface area contributed by atoms with Crippen molar-refractivity contribution in [2.45, 2.75) is 62.8 Å². The van der Waals surface area contributed by atoms with Crippen LogP contribution in [0.2, 0.25) is 0 Å². The van der Waals surface area contributed by atoms with Crippen LogP contribution in [-0.2, 0) is 21.2 Å². The number of aryl methyl sites for hydroxylation is 1. The second-order valence-electron chi connectivity index (χ2n) is 8.14. The number of amides is 1. The van der Waals surface area contributed by atoms with Gasteiger partial charge in [-0.1, -0.05) is 54.8 Å². The number of benzene rings is 2. The number of carbonyl (C=O) groups excluding carboxylic acids is 2. The average Bonchev–Trinajstić information content (AvgIpc) is 3.25. The highest BCUT2D eigenvalue weighted by Crippen LogP contribution is 2.20. The summed E-state index contributed by atoms with van der Waals surface area (Å²) in [6.07, 6.45) is 4.84. The summed E-state index contributed by atoms with van der Waals surface area (Å²) < 4.78 is 27.7. The summed E-state index contributed by atoms with van der Waals surface area (Å²) in [6.45, 7) is 2.39. The normalized spacial score (nSPS) is 14.5. The van der Waals surface area contributed by atoms with Gasteiger partial charge in [0.2, 0.25) is 15.9 Å². The van der Waals surface area contributed by atoms with Crippen molar-refractivity contribution in [1.82, 2.24) is 10.0 Å². The lowest BCUT2D eigenvalue weighted by atomic mass is 10.0. The van der Waals surface area contributed by atoms with Crippen LogP contribution in [0.1, 0.15) is 60.0 Å². The Hall–Kier alpha value is -2.51. The quantitative estimate of drug-likeness (QED) is 0.551. The molecule has 2 aromatic rings. The summed E-state index contributed by atoms with van der Waals surface area (Å²) in [5, 5.41) is 2.82. The van der Waals surface area contributed by atoms with Gasteiger partial charge in [0, 0.05) is 31.0 Å². The van der Waals surface area contributed by atoms with E-state index in [-0.39, 0.29) is 35.5 Å². The van der Waals surface area contributed by atoms with E-state index >= 15 is 0 Å². The van der Waals surface area contributed by atoms with E-state index in [2.05, 4.69) is 10.0 Å². The van der Waals surface area contributed by atoms with Crippen LogP contribution in [0.5, 0.6) is 0 Å². The minimum absolute atomic E-state index is 0.0396. The van der Waals surface area contributed by atoms with Gasteiger partial charge in [0.15, 0.2) is 5.78 Å². The van der Waals surface area contributed by atoms with E-state index in [9.17, 15) is 18.0 Å². The third kappa shape index (κ3) is 7.01. The molecule has 0 spiro atoms. The highest BCUT2D eigenvalue weighted by Gasteiger charge is 2.22. The summed E-state index contributed by atoms with van der Waals surface area (Å²) in [4.78, 5) is 24.4. The van der Waals surface area contributed by atoms with Gasteiger partial charge in [-0.05, 0) is 43.9 Å². The predicted molar refractivity (Wildman–Crippen MR) is 120 cm³/mol. The third-order valence-electron chi connectivity index (χ3n) is 5.60. The molecule has 1 amide bonds. The minimum atomic E-state index is -3.49. The van der Waals surface area contributed by atoms with Gasteiger partial charge in [0.25, 0.3) is 0 Å². The highest BCUT2D eigenvalue weighted by atomic mass is 32.2. The smallest absolute Gasteiger partial charge is 0.240 e. The van der Waals surface area contributed by atoms with Crippen LogP contribution >= 0.6 is 0 Å². The average molecular weight is 443 g/mol. The largest absolute Gasteiger partial charge is 0.356 e. The van der Waals surface area contributed by atoms with E-state index in [4.69, 9.17) is 0 Å². The lowest BCUT2D eigenvalue weighted by molar-refractivity contribution is -0.121. The monoisotopic (exact) mass is 442 g/mol. The number of sulfonamides is 1. The molecule has 0 atom stereocenters. The van der Waals surface area contributed by atoms with Crippen LogP contribution in [0.3, 0.4) is 0 Å². The molecule has 1 aliphatic carbocycles. The van der Waals surface area contributed by atoms with Crippen molar-refractivity contribution in [3.05, 3.63) is 65.2 Å². The van der Waals surface area contributed by atoms with Gasteiger partial charge in [-0.2, -0.15) is 0 Å². The molecule has 0 heterocycles. The number of rotatable bonds is 10. The number of nitrogens with one attached hydrogen (secondary N) is 2. The first kappa shape index (κ1) is 23.2. The fourth-order valence-electron chi connectivity index (χ4n) is 3.71. The molecule has 0 saturated heterocycles. The van der Waals surface area contributed by atoms with Crippen LogP contribution in [0.25, 0.3) is 0 Å². The maximum absolute atomic E-state index is 12.5. The van der Waals surface area contributed by atoms with Gasteiger partial charge >= 0.3 is 0 Å². The molecule has 0 radical (unpaired) electrons. The van der Waals surface area contributed by atoms with E-state index in [0.29, 0.717) is 18.5 Å². The zero-order chi connectivity index (χ0) is 22.3. The molecule has 2 N–H and O–H groups in total. The maximum atomic E-state index is 12.5. The lowest BCUT2D eigenvalue weighted by Crippen LogP contribution is -2.32. The Balaban J connectivity index is 1.40. The Morgan fingerprint density at radius 3 is 2.23 bits per heavy atom. The zero-order valence-electron chi connectivity index (χ0n) is 17.9. The second kappa shape index (κ2) is 10.7. The molecule has 6 nitrogen and oxygen atoms in total. The minimum Gasteiger partial charge on any atom is -0.356 e. The molecular formula is C24H30N2O4S. The van der Waals surface area contributed by atoms with Crippen molar-refractivity contribution in [3.63, 3.8) is 0 Å². The van der Waals surface area contributed by atoms with Crippen molar-refractivity contribution in [2.75, 3.05) is 6.54 Å². The summed E-state index contributed by atoms with van der Waals surface area (Å²) in [6, 6.07) is 14.1. The first-order valence-corrected chi connectivity index (χ1v) is 12.3. The van der Waals surface area contributed by atoms with Gasteiger partial charge < -0.3 is 5.32 Å². The van der Waals surface area contributed by atoms with Gasteiger partial charge in [-0.15, -0.1) is 0 Å². The summed E-state index contributed by atoms with van der Waals surface area (Å²) in [5.41, 5.74) is 2.65. The SMILES string of the molecule is Cc1ccc(C(=O)CCC(=O)NCCc2ccc(S(=O)(=O)NC3CCCC3)cc2)cc1. The number of carbonyl (C=O) groups is 2. The Kier molecular flexibility index (Phi) is 7.98. The zero-order valence-corrected chi connectivity index (χ0v) is 18.7. The molecular weight excluding hydrogens is 412 g/mol. The number of hydrogen-bond acceptors (Lipinski definition) is 4. The Labute approximate surface area is 184 Å². The van der Waals surface area contributed by atoms with Crippen LogP contribution in [0.4, 0.5) is 0 Å². The molecule has 1 aliphatic rings. The van der Waals surface area contributed by atoms with Crippen molar-refractivity contribution in [2.24, 2.45) is 0 Å². The first-order chi connectivity index (χ1) is 14.8. The molecule has 0 unspecified atom stereocenters. The molecule has 7 heteroatoms. The van der Waals surface area contributed by atoms with E-state index in [0.717, 1.165) is 36.8 Å². The van der Waals surface area contributed by atoms with Crippen molar-refractivity contribution in [1.29, 1.82) is 0 Å². The number of hydrogen-bond donors (Lipinski definition) is 2. The van der Waals surface area contributed by atoms with E-state index in [1.165, 1.54) is 0 Å². The van der Waals surface area contributed by atoms with E-state index < -0.39 is 10.0 Å². The molecule has 1 fully saturated rings. The first-order valence-electron chi connectivity index (χ1n) is 10.8. The van der Waals surface area contributed by atoms with Crippen molar-refractivity contribution < 1.29 is 18.0 Å². The molecule has 3 rings (SSSR count). The fraction of sp³-hybridized carbons (Fsp3) is 0.417. The number of Topliss-reactive ketones (excluding diaryl/α,β-unsaturated/α-hetero) is 1. The standard InChI is InChI=1S/C24H30N2O4S/c1-18-6-10-20(11-7-18)23(27)14-15-24(28)25-17-16-19-8-12-22(13-9-19)31(29,30)26-21-4-2-3-5-21/h6-13,21,26H,2-5,14-17H2,1H3,(H,25,28). The third-order valence-corrected chi connectivity index (χ3v) is 7.14. The molecule has 2 aromatic carbocycles. The van der Waals surface area contributed by atoms with Gasteiger partial charge in [0.1, 0.15) is 0 Å². The molecule has 0 aromatic heterocycles.